The summed E-state index contributed by atoms with van der Waals surface area (Å²) in [5.41, 5.74) is 2.02. The van der Waals surface area contributed by atoms with Crippen LogP contribution in [0, 0.1) is 0 Å². The summed E-state index contributed by atoms with van der Waals surface area (Å²) in [6.07, 6.45) is 1.69. The number of nitrogens with two attached hydrogens (primary N) is 1. The van der Waals surface area contributed by atoms with E-state index in [1.54, 1.807) is 42.5 Å². The second-order valence-corrected chi connectivity index (χ2v) is 8.12. The van der Waals surface area contributed by atoms with Gasteiger partial charge in [0, 0.05) is 17.0 Å². The van der Waals surface area contributed by atoms with Crippen molar-refractivity contribution in [3.05, 3.63) is 65.9 Å². The molecule has 3 aromatic rings. The minimum absolute atomic E-state index is 0.0171. The average Bonchev–Trinajstić information content (AvgIpc) is 3.11. The first-order valence-corrected chi connectivity index (χ1v) is 10.3. The number of allylic oxidation sites excluding steroid dienone is 1. The summed E-state index contributed by atoms with van der Waals surface area (Å²) in [5, 5.41) is 10.0. The van der Waals surface area contributed by atoms with E-state index in [1.807, 2.05) is 6.92 Å². The van der Waals surface area contributed by atoms with Crippen molar-refractivity contribution >= 4 is 21.6 Å². The summed E-state index contributed by atoms with van der Waals surface area (Å²) in [4.78, 5) is -0.0171. The molecule has 28 heavy (non-hydrogen) atoms. The van der Waals surface area contributed by atoms with Crippen LogP contribution in [0.4, 0.5) is 0 Å². The van der Waals surface area contributed by atoms with Crippen LogP contribution in [-0.2, 0) is 10.0 Å². The van der Waals surface area contributed by atoms with Gasteiger partial charge in [0.1, 0.15) is 11.4 Å². The highest BCUT2D eigenvalue weighted by molar-refractivity contribution is 7.89. The highest BCUT2D eigenvalue weighted by Gasteiger charge is 2.26. The fraction of sp³-hybridized carbons (Fsp3) is 0.150. The van der Waals surface area contributed by atoms with Crippen molar-refractivity contribution in [2.24, 2.45) is 5.14 Å². The Morgan fingerprint density at radius 1 is 1.29 bits per heavy atom. The maximum atomic E-state index is 12.2. The van der Waals surface area contributed by atoms with Crippen molar-refractivity contribution in [2.75, 3.05) is 7.11 Å². The second-order valence-electron chi connectivity index (χ2n) is 6.19. The summed E-state index contributed by atoms with van der Waals surface area (Å²) in [6.45, 7) is 5.67. The zero-order valence-electron chi connectivity index (χ0n) is 15.3. The van der Waals surface area contributed by atoms with Gasteiger partial charge in [0.05, 0.1) is 22.6 Å². The van der Waals surface area contributed by atoms with E-state index < -0.39 is 10.0 Å². The number of rotatable bonds is 6. The lowest BCUT2D eigenvalue weighted by Crippen LogP contribution is -2.13. The van der Waals surface area contributed by atoms with Gasteiger partial charge in [0.25, 0.3) is 0 Å². The minimum Gasteiger partial charge on any atom is -0.495 e. The molecule has 0 radical (unpaired) electrons. The molecule has 2 aromatic carbocycles. The lowest BCUT2D eigenvalue weighted by Gasteiger charge is -2.12. The molecule has 0 amide bonds. The molecule has 0 saturated carbocycles. The van der Waals surface area contributed by atoms with Crippen molar-refractivity contribution in [1.29, 1.82) is 0 Å². The maximum Gasteiger partial charge on any atom is 0.238 e. The quantitative estimate of drug-likeness (QED) is 0.590. The zero-order chi connectivity index (χ0) is 20.5. The molecule has 0 aliphatic carbocycles. The molecule has 6 nitrogen and oxygen atoms in total. The van der Waals surface area contributed by atoms with Crippen molar-refractivity contribution in [3.63, 3.8) is 0 Å². The maximum absolute atomic E-state index is 12.2. The van der Waals surface area contributed by atoms with E-state index in [0.29, 0.717) is 38.9 Å². The van der Waals surface area contributed by atoms with E-state index in [0.717, 1.165) is 0 Å². The van der Waals surface area contributed by atoms with E-state index in [1.165, 1.54) is 13.2 Å². The van der Waals surface area contributed by atoms with Gasteiger partial charge in [0.15, 0.2) is 5.76 Å². The molecule has 1 atom stereocenters. The van der Waals surface area contributed by atoms with Crippen LogP contribution in [0.15, 0.2) is 64.5 Å². The van der Waals surface area contributed by atoms with Crippen LogP contribution in [0.1, 0.15) is 18.6 Å². The number of primary sulfonamides is 1. The number of aromatic nitrogens is 1. The molecular formula is C20H19ClN2O4S. The highest BCUT2D eigenvalue weighted by atomic mass is 35.5. The molecular weight excluding hydrogens is 400 g/mol. The number of halogens is 1. The molecule has 146 valence electrons. The fourth-order valence-corrected chi connectivity index (χ4v) is 3.92. The SMILES string of the molecule is C=CC(C)c1onc(-c2ccc(OC)c(Cl)c2)c1-c1ccccc1S(N)(=O)=O. The molecule has 8 heteroatoms. The Kier molecular flexibility index (Phi) is 5.60. The Labute approximate surface area is 168 Å². The molecule has 2 N–H and O–H groups in total. The molecule has 1 heterocycles. The monoisotopic (exact) mass is 418 g/mol. The van der Waals surface area contributed by atoms with Crippen LogP contribution in [0.2, 0.25) is 5.02 Å². The molecule has 0 saturated heterocycles. The van der Waals surface area contributed by atoms with Gasteiger partial charge < -0.3 is 9.26 Å². The van der Waals surface area contributed by atoms with Gasteiger partial charge in [-0.3, -0.25) is 0 Å². The molecule has 0 fully saturated rings. The van der Waals surface area contributed by atoms with Crippen molar-refractivity contribution in [3.8, 4) is 28.1 Å². The number of hydrogen-bond acceptors (Lipinski definition) is 5. The molecule has 0 bridgehead atoms. The van der Waals surface area contributed by atoms with Crippen LogP contribution in [0.5, 0.6) is 5.75 Å². The van der Waals surface area contributed by atoms with Crippen LogP contribution in [0.25, 0.3) is 22.4 Å². The molecule has 0 aliphatic heterocycles. The van der Waals surface area contributed by atoms with E-state index in [2.05, 4.69) is 11.7 Å². The van der Waals surface area contributed by atoms with Gasteiger partial charge in [-0.1, -0.05) is 48.0 Å². The number of hydrogen-bond donors (Lipinski definition) is 1. The summed E-state index contributed by atoms with van der Waals surface area (Å²) in [7, 11) is -2.45. The van der Waals surface area contributed by atoms with Gasteiger partial charge in [-0.15, -0.1) is 6.58 Å². The minimum atomic E-state index is -3.97. The summed E-state index contributed by atoms with van der Waals surface area (Å²) >= 11 is 6.26. The van der Waals surface area contributed by atoms with E-state index >= 15 is 0 Å². The van der Waals surface area contributed by atoms with Crippen LogP contribution in [-0.4, -0.2) is 20.7 Å². The Morgan fingerprint density at radius 3 is 2.61 bits per heavy atom. The Morgan fingerprint density at radius 2 is 2.00 bits per heavy atom. The molecule has 3 rings (SSSR count). The largest absolute Gasteiger partial charge is 0.495 e. The van der Waals surface area contributed by atoms with Gasteiger partial charge >= 0.3 is 0 Å². The van der Waals surface area contributed by atoms with Crippen LogP contribution >= 0.6 is 11.6 Å². The van der Waals surface area contributed by atoms with Gasteiger partial charge in [-0.2, -0.15) is 0 Å². The lowest BCUT2D eigenvalue weighted by atomic mass is 9.94. The van der Waals surface area contributed by atoms with E-state index in [-0.39, 0.29) is 10.8 Å². The topological polar surface area (TPSA) is 95.4 Å². The smallest absolute Gasteiger partial charge is 0.238 e. The second kappa shape index (κ2) is 7.79. The summed E-state index contributed by atoms with van der Waals surface area (Å²) in [6, 6.07) is 11.6. The molecule has 0 spiro atoms. The first-order chi connectivity index (χ1) is 13.3. The summed E-state index contributed by atoms with van der Waals surface area (Å²) in [5.74, 6) is 0.784. The first kappa shape index (κ1) is 20.1. The number of nitrogens with zero attached hydrogens (tertiary/aromatic N) is 1. The normalized spacial score (nSPS) is 12.6. The Balaban J connectivity index is 2.34. The fourth-order valence-electron chi connectivity index (χ4n) is 2.91. The predicted octanol–water partition coefficient (Wildman–Crippen LogP) is 4.61. The van der Waals surface area contributed by atoms with Crippen molar-refractivity contribution in [2.45, 2.75) is 17.7 Å². The number of ether oxygens (including phenoxy) is 1. The molecule has 0 aliphatic rings. The van der Waals surface area contributed by atoms with Gasteiger partial charge in [-0.25, -0.2) is 13.6 Å². The third-order valence-electron chi connectivity index (χ3n) is 4.37. The average molecular weight is 419 g/mol. The first-order valence-electron chi connectivity index (χ1n) is 8.36. The molecule has 1 unspecified atom stereocenters. The lowest BCUT2D eigenvalue weighted by molar-refractivity contribution is 0.380. The van der Waals surface area contributed by atoms with Crippen LogP contribution in [0.3, 0.4) is 0 Å². The molecule has 1 aromatic heterocycles. The Hall–Kier alpha value is -2.61. The number of methoxy groups -OCH3 is 1. The Bertz CT molecular complexity index is 1140. The number of benzene rings is 2. The third-order valence-corrected chi connectivity index (χ3v) is 5.64. The highest BCUT2D eigenvalue weighted by Crippen LogP contribution is 2.42. The predicted molar refractivity (Wildman–Crippen MR) is 109 cm³/mol. The van der Waals surface area contributed by atoms with Crippen LogP contribution < -0.4 is 9.88 Å². The van der Waals surface area contributed by atoms with Crippen molar-refractivity contribution < 1.29 is 17.7 Å². The van der Waals surface area contributed by atoms with Crippen molar-refractivity contribution in [1.82, 2.24) is 5.16 Å². The summed E-state index contributed by atoms with van der Waals surface area (Å²) < 4.78 is 35.1. The van der Waals surface area contributed by atoms with E-state index in [4.69, 9.17) is 26.0 Å². The number of sulfonamides is 1. The third kappa shape index (κ3) is 3.69. The standard InChI is InChI=1S/C20H19ClN2O4S/c1-4-12(2)20-18(14-7-5-6-8-17(14)28(22,24)25)19(23-27-20)13-9-10-16(26-3)15(21)11-13/h4-12H,1H2,2-3H3,(H2,22,24,25). The van der Waals surface area contributed by atoms with Gasteiger partial charge in [0.2, 0.25) is 10.0 Å². The zero-order valence-corrected chi connectivity index (χ0v) is 16.9. The van der Waals surface area contributed by atoms with Gasteiger partial charge in [-0.05, 0) is 24.3 Å². The van der Waals surface area contributed by atoms with E-state index in [9.17, 15) is 8.42 Å².